The van der Waals surface area contributed by atoms with E-state index in [0.717, 1.165) is 10.9 Å². The molecule has 3 aromatic heterocycles. The molecule has 3 heterocycles. The Morgan fingerprint density at radius 3 is 2.60 bits per heavy atom. The van der Waals surface area contributed by atoms with E-state index in [4.69, 9.17) is 32.5 Å². The molecular weight excluding hydrogens is 623 g/mol. The van der Waals surface area contributed by atoms with E-state index >= 15 is 0 Å². The smallest absolute Gasteiger partial charge is 0.435 e. The Kier molecular flexibility index (Phi) is 12.2. The predicted molar refractivity (Wildman–Crippen MR) is 156 cm³/mol. The van der Waals surface area contributed by atoms with Crippen molar-refractivity contribution < 1.29 is 32.7 Å². The van der Waals surface area contributed by atoms with Gasteiger partial charge in [0.05, 0.1) is 40.7 Å². The van der Waals surface area contributed by atoms with Crippen molar-refractivity contribution in [3.8, 4) is 17.3 Å². The molecule has 0 bridgehead atoms. The van der Waals surface area contributed by atoms with Gasteiger partial charge in [-0.3, -0.25) is 23.5 Å². The Morgan fingerprint density at radius 1 is 1.18 bits per heavy atom. The minimum Gasteiger partial charge on any atom is -0.483 e. The number of amides is 2. The topological polar surface area (TPSA) is 217 Å². The van der Waals surface area contributed by atoms with Crippen molar-refractivity contribution in [2.45, 2.75) is 12.7 Å². The summed E-state index contributed by atoms with van der Waals surface area (Å²) in [6.07, 6.45) is 0.478. The zero-order valence-corrected chi connectivity index (χ0v) is 24.1. The molecule has 0 saturated carbocycles. The average Bonchev–Trinajstić information content (AvgIpc) is 3.61. The van der Waals surface area contributed by atoms with Crippen LogP contribution in [0.3, 0.4) is 0 Å². The SMILES string of the molecule is N#CCn1cc(-c2cnc3c(Nc4ccc(C(=O)NCCNCC(=O)NCCN)c(Cl)c4)nccn23)c(C(F)(F)F)n1.O=CO. The van der Waals surface area contributed by atoms with Crippen LogP contribution in [-0.2, 0) is 22.3 Å². The van der Waals surface area contributed by atoms with Crippen LogP contribution in [0.15, 0.2) is 43.0 Å². The van der Waals surface area contributed by atoms with E-state index in [2.05, 4.69) is 36.3 Å². The maximum Gasteiger partial charge on any atom is 0.435 e. The molecule has 0 aliphatic carbocycles. The lowest BCUT2D eigenvalue weighted by atomic mass is 10.2. The molecular formula is C26H27ClF3N11O4. The van der Waals surface area contributed by atoms with Crippen molar-refractivity contribution in [1.29, 1.82) is 5.26 Å². The second kappa shape index (κ2) is 16.0. The average molecular weight is 650 g/mol. The van der Waals surface area contributed by atoms with Crippen LogP contribution in [-0.4, -0.2) is 80.3 Å². The van der Waals surface area contributed by atoms with Crippen LogP contribution in [0.4, 0.5) is 24.7 Å². The molecule has 0 radical (unpaired) electrons. The first-order chi connectivity index (χ1) is 21.5. The first kappa shape index (κ1) is 34.2. The number of hydrogen-bond acceptors (Lipinski definition) is 10. The number of halogens is 4. The lowest BCUT2D eigenvalue weighted by molar-refractivity contribution is -0.141. The summed E-state index contributed by atoms with van der Waals surface area (Å²) in [7, 11) is 0. The minimum absolute atomic E-state index is 0.0874. The fraction of sp³-hybridized carbons (Fsp3) is 0.269. The standard InChI is InChI=1S/C25H25ClF3N11O2.CH2O2/c26-18-11-15(1-2-16(18)24(42)35-7-6-32-13-20(41)33-5-3-30)37-22-23-36-12-19(40(23)10-8-34-22)17-14-39(9-4-31)38-21(17)25(27,28)29;2-1-3/h1-2,8,10-12,14,32H,3,5-7,9,13,30H2,(H,33,41)(H,34,37)(H,35,42);1H,(H,2,3). The number of carboxylic acid groups (broad SMARTS) is 1. The fourth-order valence-electron chi connectivity index (χ4n) is 3.93. The van der Waals surface area contributed by atoms with Gasteiger partial charge in [-0.2, -0.15) is 23.5 Å². The molecule has 7 N–H and O–H groups in total. The third kappa shape index (κ3) is 9.12. The summed E-state index contributed by atoms with van der Waals surface area (Å²) in [5.41, 5.74) is 4.92. The van der Waals surface area contributed by atoms with E-state index in [0.29, 0.717) is 25.3 Å². The van der Waals surface area contributed by atoms with Crippen molar-refractivity contribution in [3.05, 3.63) is 59.3 Å². The van der Waals surface area contributed by atoms with Crippen LogP contribution >= 0.6 is 11.6 Å². The number of carbonyl (C=O) groups excluding carboxylic acids is 2. The second-order valence-electron chi connectivity index (χ2n) is 8.85. The molecule has 4 aromatic rings. The summed E-state index contributed by atoms with van der Waals surface area (Å²) in [5, 5.41) is 30.7. The molecule has 0 spiro atoms. The van der Waals surface area contributed by atoms with Crippen LogP contribution in [0.25, 0.3) is 16.9 Å². The number of rotatable bonds is 12. The highest BCUT2D eigenvalue weighted by atomic mass is 35.5. The number of imidazole rings is 1. The summed E-state index contributed by atoms with van der Waals surface area (Å²) in [6, 6.07) is 6.36. The third-order valence-corrected chi connectivity index (χ3v) is 6.10. The zero-order valence-electron chi connectivity index (χ0n) is 23.3. The van der Waals surface area contributed by atoms with Crippen LogP contribution in [0.5, 0.6) is 0 Å². The van der Waals surface area contributed by atoms with Gasteiger partial charge < -0.3 is 32.1 Å². The minimum atomic E-state index is -4.75. The molecule has 0 aliphatic rings. The van der Waals surface area contributed by atoms with Crippen molar-refractivity contribution in [1.82, 2.24) is 40.1 Å². The van der Waals surface area contributed by atoms with Crippen molar-refractivity contribution in [3.63, 3.8) is 0 Å². The normalized spacial score (nSPS) is 10.8. The van der Waals surface area contributed by atoms with Crippen LogP contribution in [0.2, 0.25) is 5.02 Å². The van der Waals surface area contributed by atoms with Crippen molar-refractivity contribution in [2.24, 2.45) is 5.73 Å². The molecule has 238 valence electrons. The Labute approximate surface area is 258 Å². The van der Waals surface area contributed by atoms with Gasteiger partial charge in [0.25, 0.3) is 12.4 Å². The van der Waals surface area contributed by atoms with E-state index in [1.807, 2.05) is 0 Å². The van der Waals surface area contributed by atoms with Gasteiger partial charge in [0.1, 0.15) is 6.54 Å². The number of nitrogens with one attached hydrogen (secondary N) is 4. The molecule has 0 atom stereocenters. The first-order valence-corrected chi connectivity index (χ1v) is 13.4. The first-order valence-electron chi connectivity index (χ1n) is 13.0. The number of carbonyl (C=O) groups is 3. The summed E-state index contributed by atoms with van der Waals surface area (Å²) >= 11 is 6.35. The highest BCUT2D eigenvalue weighted by Crippen LogP contribution is 2.37. The Bertz CT molecular complexity index is 1680. The molecule has 0 unspecified atom stereocenters. The second-order valence-corrected chi connectivity index (χ2v) is 9.26. The highest BCUT2D eigenvalue weighted by molar-refractivity contribution is 6.34. The summed E-state index contributed by atoms with van der Waals surface area (Å²) in [5.74, 6) is -0.402. The number of alkyl halides is 3. The molecule has 4 rings (SSSR count). The molecule has 15 nitrogen and oxygen atoms in total. The third-order valence-electron chi connectivity index (χ3n) is 5.78. The summed E-state index contributed by atoms with van der Waals surface area (Å²) in [6.45, 7) is 0.813. The van der Waals surface area contributed by atoms with Crippen LogP contribution in [0, 0.1) is 11.3 Å². The van der Waals surface area contributed by atoms with Gasteiger partial charge in [0.2, 0.25) is 5.91 Å². The van der Waals surface area contributed by atoms with E-state index in [-0.39, 0.29) is 65.3 Å². The van der Waals surface area contributed by atoms with E-state index in [9.17, 15) is 22.8 Å². The Hall–Kier alpha value is -5.25. The van der Waals surface area contributed by atoms with Crippen molar-refractivity contribution in [2.75, 3.05) is 38.0 Å². The van der Waals surface area contributed by atoms with Crippen molar-refractivity contribution >= 4 is 47.0 Å². The molecule has 45 heavy (non-hydrogen) atoms. The number of benzene rings is 1. The fourth-order valence-corrected chi connectivity index (χ4v) is 4.19. The van der Waals surface area contributed by atoms with Gasteiger partial charge in [-0.05, 0) is 18.2 Å². The molecule has 19 heteroatoms. The number of anilines is 2. The highest BCUT2D eigenvalue weighted by Gasteiger charge is 2.38. The zero-order chi connectivity index (χ0) is 33.0. The molecule has 2 amide bonds. The maximum absolute atomic E-state index is 13.7. The number of hydrogen-bond donors (Lipinski definition) is 6. The van der Waals surface area contributed by atoms with E-state index in [1.54, 1.807) is 12.1 Å². The van der Waals surface area contributed by atoms with Gasteiger partial charge in [-0.1, -0.05) is 11.6 Å². The Morgan fingerprint density at radius 2 is 1.93 bits per heavy atom. The van der Waals surface area contributed by atoms with Gasteiger partial charge in [0, 0.05) is 50.5 Å². The number of nitrogens with two attached hydrogens (primary N) is 1. The molecule has 0 aliphatic heterocycles. The van der Waals surface area contributed by atoms with Gasteiger partial charge in [0.15, 0.2) is 17.2 Å². The quantitative estimate of drug-likeness (QED) is 0.0957. The lowest BCUT2D eigenvalue weighted by Gasteiger charge is -2.11. The number of nitriles is 1. The Balaban J connectivity index is 0.00000177. The molecule has 0 saturated heterocycles. The van der Waals surface area contributed by atoms with E-state index in [1.165, 1.54) is 35.1 Å². The monoisotopic (exact) mass is 649 g/mol. The van der Waals surface area contributed by atoms with E-state index < -0.39 is 17.8 Å². The molecule has 1 aromatic carbocycles. The predicted octanol–water partition coefficient (Wildman–Crippen LogP) is 1.63. The largest absolute Gasteiger partial charge is 0.483 e. The summed E-state index contributed by atoms with van der Waals surface area (Å²) in [4.78, 5) is 40.9. The van der Waals surface area contributed by atoms with Gasteiger partial charge >= 0.3 is 6.18 Å². The number of aromatic nitrogens is 5. The number of fused-ring (bicyclic) bond motifs is 1. The maximum atomic E-state index is 13.7. The van der Waals surface area contributed by atoms with Crippen LogP contribution in [0.1, 0.15) is 16.1 Å². The lowest BCUT2D eigenvalue weighted by Crippen LogP contribution is -2.39. The molecule has 0 fully saturated rings. The summed E-state index contributed by atoms with van der Waals surface area (Å²) < 4.78 is 43.4. The van der Waals surface area contributed by atoms with Gasteiger partial charge in [-0.15, -0.1) is 0 Å². The van der Waals surface area contributed by atoms with Gasteiger partial charge in [-0.25, -0.2) is 9.97 Å². The van der Waals surface area contributed by atoms with Crippen LogP contribution < -0.4 is 27.0 Å². The number of nitrogens with zero attached hydrogens (tertiary/aromatic N) is 6.